The van der Waals surface area contributed by atoms with E-state index in [1.807, 2.05) is 0 Å². The molecule has 0 unspecified atom stereocenters. The number of rotatable bonds is 2. The minimum Gasteiger partial charge on any atom is -0.229 e. The molecule has 0 aliphatic rings. The van der Waals surface area contributed by atoms with Crippen molar-refractivity contribution in [3.05, 3.63) is 0 Å². The number of hydrogen-bond acceptors (Lipinski definition) is 2. The van der Waals surface area contributed by atoms with Gasteiger partial charge in [-0.1, -0.05) is 0 Å². The highest BCUT2D eigenvalue weighted by Gasteiger charge is 2.19. The number of alkyl halides is 1. The van der Waals surface area contributed by atoms with Crippen molar-refractivity contribution in [2.45, 2.75) is 18.7 Å². The van der Waals surface area contributed by atoms with Crippen LogP contribution in [0.25, 0.3) is 0 Å². The molecule has 0 saturated heterocycles. The molecular formula is C5H11ClO2S. The molecule has 0 atom stereocenters. The molecule has 0 amide bonds. The van der Waals surface area contributed by atoms with Gasteiger partial charge in [0.25, 0.3) is 0 Å². The van der Waals surface area contributed by atoms with Crippen LogP contribution in [-0.4, -0.2) is 25.3 Å². The van der Waals surface area contributed by atoms with Crippen molar-refractivity contribution in [2.75, 3.05) is 12.0 Å². The van der Waals surface area contributed by atoms with E-state index < -0.39 is 14.7 Å². The molecule has 56 valence electrons. The lowest BCUT2D eigenvalue weighted by atomic mass is 10.3. The maximum Gasteiger partial charge on any atom is 0.149 e. The molecule has 0 aromatic carbocycles. The number of hydrogen-bond donors (Lipinski definition) is 0. The van der Waals surface area contributed by atoms with E-state index in [0.717, 1.165) is 0 Å². The van der Waals surface area contributed by atoms with Crippen LogP contribution in [0.3, 0.4) is 0 Å². The van der Waals surface area contributed by atoms with Crippen molar-refractivity contribution in [3.8, 4) is 0 Å². The summed E-state index contributed by atoms with van der Waals surface area (Å²) in [6, 6.07) is 0. The zero-order valence-corrected chi connectivity index (χ0v) is 7.38. The maximum atomic E-state index is 10.6. The van der Waals surface area contributed by atoms with E-state index in [9.17, 15) is 8.42 Å². The van der Waals surface area contributed by atoms with Crippen LogP contribution in [0.4, 0.5) is 0 Å². The molecular weight excluding hydrogens is 160 g/mol. The van der Waals surface area contributed by atoms with E-state index in [1.165, 1.54) is 6.26 Å². The second-order valence-corrected chi connectivity index (χ2v) is 5.95. The third-order valence-electron chi connectivity index (χ3n) is 0.605. The molecule has 0 spiro atoms. The zero-order chi connectivity index (χ0) is 7.71. The first-order valence-electron chi connectivity index (χ1n) is 2.57. The maximum absolute atomic E-state index is 10.6. The van der Waals surface area contributed by atoms with Gasteiger partial charge in [-0.3, -0.25) is 0 Å². The third kappa shape index (κ3) is 8.24. The molecule has 0 aliphatic heterocycles. The van der Waals surface area contributed by atoms with Gasteiger partial charge in [0.15, 0.2) is 0 Å². The van der Waals surface area contributed by atoms with Gasteiger partial charge in [0, 0.05) is 6.26 Å². The SMILES string of the molecule is CC(C)(Cl)CS(C)(=O)=O. The van der Waals surface area contributed by atoms with Crippen LogP contribution in [0, 0.1) is 0 Å². The lowest BCUT2D eigenvalue weighted by Crippen LogP contribution is -2.23. The molecule has 0 heterocycles. The molecule has 2 nitrogen and oxygen atoms in total. The first-order chi connectivity index (χ1) is 3.71. The van der Waals surface area contributed by atoms with Gasteiger partial charge < -0.3 is 0 Å². The average Bonchev–Trinajstić information content (AvgIpc) is 1.14. The summed E-state index contributed by atoms with van der Waals surface area (Å²) in [5.41, 5.74) is 0. The van der Waals surface area contributed by atoms with E-state index >= 15 is 0 Å². The van der Waals surface area contributed by atoms with Gasteiger partial charge >= 0.3 is 0 Å². The van der Waals surface area contributed by atoms with Gasteiger partial charge in [0.05, 0.1) is 10.6 Å². The van der Waals surface area contributed by atoms with Gasteiger partial charge in [-0.2, -0.15) is 0 Å². The number of halogens is 1. The highest BCUT2D eigenvalue weighted by atomic mass is 35.5. The summed E-state index contributed by atoms with van der Waals surface area (Å²) in [5.74, 6) is 0.0293. The Labute approximate surface area is 61.1 Å². The summed E-state index contributed by atoms with van der Waals surface area (Å²) in [5, 5.41) is 0. The van der Waals surface area contributed by atoms with Crippen LogP contribution >= 0.6 is 11.6 Å². The van der Waals surface area contributed by atoms with E-state index in [4.69, 9.17) is 11.6 Å². The Hall–Kier alpha value is 0.240. The molecule has 4 heteroatoms. The van der Waals surface area contributed by atoms with E-state index in [-0.39, 0.29) is 5.75 Å². The first-order valence-corrected chi connectivity index (χ1v) is 5.01. The van der Waals surface area contributed by atoms with Crippen LogP contribution < -0.4 is 0 Å². The Morgan fingerprint density at radius 2 is 1.78 bits per heavy atom. The lowest BCUT2D eigenvalue weighted by Gasteiger charge is -2.12. The van der Waals surface area contributed by atoms with Gasteiger partial charge in [0.1, 0.15) is 9.84 Å². The minimum absolute atomic E-state index is 0.0293. The van der Waals surface area contributed by atoms with Crippen LogP contribution in [0.5, 0.6) is 0 Å². The smallest absolute Gasteiger partial charge is 0.149 e. The first kappa shape index (κ1) is 9.24. The minimum atomic E-state index is -2.91. The normalized spacial score (nSPS) is 13.8. The van der Waals surface area contributed by atoms with E-state index in [1.54, 1.807) is 13.8 Å². The third-order valence-corrected chi connectivity index (χ3v) is 2.14. The van der Waals surface area contributed by atoms with Crippen molar-refractivity contribution in [2.24, 2.45) is 0 Å². The molecule has 0 radical (unpaired) electrons. The Kier molecular flexibility index (Phi) is 2.53. The van der Waals surface area contributed by atoms with Crippen LogP contribution in [0.1, 0.15) is 13.8 Å². The molecule has 9 heavy (non-hydrogen) atoms. The summed E-state index contributed by atoms with van der Waals surface area (Å²) < 4.78 is 21.1. The largest absolute Gasteiger partial charge is 0.229 e. The zero-order valence-electron chi connectivity index (χ0n) is 5.81. The average molecular weight is 171 g/mol. The molecule has 0 saturated carbocycles. The second kappa shape index (κ2) is 2.46. The summed E-state index contributed by atoms with van der Waals surface area (Å²) >= 11 is 5.64. The van der Waals surface area contributed by atoms with Crippen LogP contribution in [0.15, 0.2) is 0 Å². The van der Waals surface area contributed by atoms with Gasteiger partial charge in [-0.05, 0) is 13.8 Å². The topological polar surface area (TPSA) is 34.1 Å². The molecule has 0 aromatic rings. The van der Waals surface area contributed by atoms with E-state index in [0.29, 0.717) is 0 Å². The van der Waals surface area contributed by atoms with Crippen molar-refractivity contribution >= 4 is 21.4 Å². The quantitative estimate of drug-likeness (QED) is 0.581. The Balaban J connectivity index is 4.07. The highest BCUT2D eigenvalue weighted by Crippen LogP contribution is 2.14. The highest BCUT2D eigenvalue weighted by molar-refractivity contribution is 7.90. The fraction of sp³-hybridized carbons (Fsp3) is 1.00. The van der Waals surface area contributed by atoms with Gasteiger partial charge in [-0.25, -0.2) is 8.42 Å². The lowest BCUT2D eigenvalue weighted by molar-refractivity contribution is 0.593. The molecule has 0 fully saturated rings. The molecule has 0 rings (SSSR count). The molecule has 0 aromatic heterocycles. The molecule has 0 bridgehead atoms. The fourth-order valence-corrected chi connectivity index (χ4v) is 2.47. The standard InChI is InChI=1S/C5H11ClO2S/c1-5(2,6)4-9(3,7)8/h4H2,1-3H3. The second-order valence-electron chi connectivity index (χ2n) is 2.79. The van der Waals surface area contributed by atoms with Crippen molar-refractivity contribution < 1.29 is 8.42 Å². The summed E-state index contributed by atoms with van der Waals surface area (Å²) in [6.07, 6.45) is 1.18. The molecule has 0 aliphatic carbocycles. The summed E-state index contributed by atoms with van der Waals surface area (Å²) in [4.78, 5) is -0.631. The van der Waals surface area contributed by atoms with Crippen LogP contribution in [0.2, 0.25) is 0 Å². The van der Waals surface area contributed by atoms with E-state index in [2.05, 4.69) is 0 Å². The summed E-state index contributed by atoms with van der Waals surface area (Å²) in [6.45, 7) is 3.35. The monoisotopic (exact) mass is 170 g/mol. The number of sulfone groups is 1. The van der Waals surface area contributed by atoms with Gasteiger partial charge in [-0.15, -0.1) is 11.6 Å². The van der Waals surface area contributed by atoms with Crippen molar-refractivity contribution in [1.82, 2.24) is 0 Å². The predicted molar refractivity (Wildman–Crippen MR) is 39.6 cm³/mol. The Morgan fingerprint density at radius 1 is 1.44 bits per heavy atom. The fourth-order valence-electron chi connectivity index (χ4n) is 0.623. The molecule has 0 N–H and O–H groups in total. The van der Waals surface area contributed by atoms with Crippen LogP contribution in [-0.2, 0) is 9.84 Å². The Bertz CT molecular complexity index is 176. The Morgan fingerprint density at radius 3 is 1.78 bits per heavy atom. The van der Waals surface area contributed by atoms with Gasteiger partial charge in [0.2, 0.25) is 0 Å². The predicted octanol–water partition coefficient (Wildman–Crippen LogP) is 1.05. The van der Waals surface area contributed by atoms with Crippen molar-refractivity contribution in [3.63, 3.8) is 0 Å². The summed E-state index contributed by atoms with van der Waals surface area (Å²) in [7, 11) is -2.91. The van der Waals surface area contributed by atoms with Crippen molar-refractivity contribution in [1.29, 1.82) is 0 Å².